The molecule has 1 fully saturated rings. The van der Waals surface area contributed by atoms with E-state index >= 15 is 0 Å². The van der Waals surface area contributed by atoms with Gasteiger partial charge in [-0.2, -0.15) is 0 Å². The van der Waals surface area contributed by atoms with E-state index in [9.17, 15) is 9.90 Å². The molecule has 0 saturated carbocycles. The standard InChI is InChI=1S/C20H34N6O2/c1-3-9-23-19(28)15-26-12-7-17(8-13-26)25-20(22-4-2)24-14-18(27)16-5-10-21-11-6-16/h5-6,10-11,17-18,27H,3-4,7-9,12-15H2,1-2H3,(H,23,28)(H2,22,24,25). The Morgan fingerprint density at radius 1 is 1.29 bits per heavy atom. The van der Waals surface area contributed by atoms with Crippen molar-refractivity contribution in [3.8, 4) is 0 Å². The molecule has 0 aromatic carbocycles. The van der Waals surface area contributed by atoms with Crippen molar-refractivity contribution in [2.24, 2.45) is 4.99 Å². The third-order valence-electron chi connectivity index (χ3n) is 4.73. The van der Waals surface area contributed by atoms with E-state index in [0.29, 0.717) is 12.6 Å². The molecule has 2 heterocycles. The first kappa shape index (κ1) is 22.1. The van der Waals surface area contributed by atoms with Gasteiger partial charge in [0.2, 0.25) is 5.91 Å². The second kappa shape index (κ2) is 12.3. The molecule has 1 aromatic rings. The minimum absolute atomic E-state index is 0.105. The Bertz CT molecular complexity index is 602. The van der Waals surface area contributed by atoms with Gasteiger partial charge in [-0.25, -0.2) is 0 Å². The second-order valence-electron chi connectivity index (χ2n) is 7.06. The summed E-state index contributed by atoms with van der Waals surface area (Å²) >= 11 is 0. The van der Waals surface area contributed by atoms with Crippen LogP contribution < -0.4 is 16.0 Å². The largest absolute Gasteiger partial charge is 0.386 e. The lowest BCUT2D eigenvalue weighted by Gasteiger charge is -2.32. The first-order valence-electron chi connectivity index (χ1n) is 10.2. The number of hydrogen-bond acceptors (Lipinski definition) is 5. The van der Waals surface area contributed by atoms with Gasteiger partial charge in [0.15, 0.2) is 5.96 Å². The number of aromatic nitrogens is 1. The molecule has 0 aliphatic carbocycles. The molecule has 8 heteroatoms. The van der Waals surface area contributed by atoms with Crippen LogP contribution in [-0.4, -0.2) is 72.2 Å². The first-order chi connectivity index (χ1) is 13.6. The molecular formula is C20H34N6O2. The molecule has 1 amide bonds. The number of carbonyl (C=O) groups is 1. The second-order valence-corrected chi connectivity index (χ2v) is 7.06. The van der Waals surface area contributed by atoms with Crippen molar-refractivity contribution >= 4 is 11.9 Å². The summed E-state index contributed by atoms with van der Waals surface area (Å²) in [5, 5.41) is 19.9. The van der Waals surface area contributed by atoms with Crippen LogP contribution in [0.2, 0.25) is 0 Å². The molecule has 1 aromatic heterocycles. The highest BCUT2D eigenvalue weighted by Gasteiger charge is 2.21. The minimum Gasteiger partial charge on any atom is -0.386 e. The third-order valence-corrected chi connectivity index (χ3v) is 4.73. The van der Waals surface area contributed by atoms with E-state index < -0.39 is 6.10 Å². The molecule has 0 bridgehead atoms. The molecule has 1 saturated heterocycles. The predicted octanol–water partition coefficient (Wildman–Crippen LogP) is 0.661. The van der Waals surface area contributed by atoms with E-state index in [1.165, 1.54) is 0 Å². The summed E-state index contributed by atoms with van der Waals surface area (Å²) in [6, 6.07) is 3.91. The van der Waals surface area contributed by atoms with Crippen molar-refractivity contribution in [3.63, 3.8) is 0 Å². The summed E-state index contributed by atoms with van der Waals surface area (Å²) < 4.78 is 0. The Morgan fingerprint density at radius 2 is 2.00 bits per heavy atom. The quantitative estimate of drug-likeness (QED) is 0.365. The molecule has 1 aliphatic heterocycles. The van der Waals surface area contributed by atoms with Crippen molar-refractivity contribution in [2.75, 3.05) is 39.3 Å². The average molecular weight is 391 g/mol. The predicted molar refractivity (Wildman–Crippen MR) is 111 cm³/mol. The summed E-state index contributed by atoms with van der Waals surface area (Å²) in [5.74, 6) is 0.822. The van der Waals surface area contributed by atoms with E-state index in [0.717, 1.165) is 57.0 Å². The molecule has 8 nitrogen and oxygen atoms in total. The van der Waals surface area contributed by atoms with Crippen LogP contribution in [0.5, 0.6) is 0 Å². The van der Waals surface area contributed by atoms with Crippen LogP contribution in [0, 0.1) is 0 Å². The van der Waals surface area contributed by atoms with Gasteiger partial charge < -0.3 is 21.1 Å². The van der Waals surface area contributed by atoms with Crippen LogP contribution in [0.4, 0.5) is 0 Å². The maximum absolute atomic E-state index is 11.9. The number of aliphatic imine (C=N–C) groups is 1. The van der Waals surface area contributed by atoms with Gasteiger partial charge in [0.05, 0.1) is 19.2 Å². The van der Waals surface area contributed by atoms with Crippen molar-refractivity contribution in [2.45, 2.75) is 45.3 Å². The number of nitrogens with zero attached hydrogens (tertiary/aromatic N) is 3. The van der Waals surface area contributed by atoms with E-state index in [-0.39, 0.29) is 12.5 Å². The van der Waals surface area contributed by atoms with Crippen LogP contribution in [0.25, 0.3) is 0 Å². The fourth-order valence-electron chi connectivity index (χ4n) is 3.14. The smallest absolute Gasteiger partial charge is 0.234 e. The Hall–Kier alpha value is -2.19. The third kappa shape index (κ3) is 7.82. The van der Waals surface area contributed by atoms with Gasteiger partial charge in [0.1, 0.15) is 0 Å². The van der Waals surface area contributed by atoms with Gasteiger partial charge in [0, 0.05) is 44.6 Å². The molecule has 2 rings (SSSR count). The number of aliphatic hydroxyl groups excluding tert-OH is 1. The van der Waals surface area contributed by atoms with Crippen LogP contribution in [0.15, 0.2) is 29.5 Å². The topological polar surface area (TPSA) is 102 Å². The molecule has 4 N–H and O–H groups in total. The van der Waals surface area contributed by atoms with Gasteiger partial charge in [-0.1, -0.05) is 6.92 Å². The highest BCUT2D eigenvalue weighted by Crippen LogP contribution is 2.12. The lowest BCUT2D eigenvalue weighted by Crippen LogP contribution is -2.50. The summed E-state index contributed by atoms with van der Waals surface area (Å²) in [5.41, 5.74) is 0.809. The fraction of sp³-hybridized carbons (Fsp3) is 0.650. The van der Waals surface area contributed by atoms with Gasteiger partial charge in [-0.05, 0) is 43.9 Å². The molecule has 1 aliphatic rings. The number of guanidine groups is 1. The zero-order valence-corrected chi connectivity index (χ0v) is 17.0. The highest BCUT2D eigenvalue weighted by molar-refractivity contribution is 5.80. The monoisotopic (exact) mass is 390 g/mol. The van der Waals surface area contributed by atoms with Crippen molar-refractivity contribution < 1.29 is 9.90 Å². The number of nitrogens with one attached hydrogen (secondary N) is 3. The number of hydrogen-bond donors (Lipinski definition) is 4. The summed E-state index contributed by atoms with van der Waals surface area (Å²) in [6.45, 7) is 8.10. The van der Waals surface area contributed by atoms with Crippen LogP contribution in [0.1, 0.15) is 44.8 Å². The van der Waals surface area contributed by atoms with Crippen LogP contribution in [0.3, 0.4) is 0 Å². The molecular weight excluding hydrogens is 356 g/mol. The van der Waals surface area contributed by atoms with E-state index in [4.69, 9.17) is 0 Å². The molecule has 0 spiro atoms. The number of piperidine rings is 1. The maximum atomic E-state index is 11.9. The summed E-state index contributed by atoms with van der Waals surface area (Å²) in [7, 11) is 0. The van der Waals surface area contributed by atoms with Crippen LogP contribution in [-0.2, 0) is 4.79 Å². The van der Waals surface area contributed by atoms with Gasteiger partial charge in [-0.15, -0.1) is 0 Å². The minimum atomic E-state index is -0.651. The highest BCUT2D eigenvalue weighted by atomic mass is 16.3. The number of likely N-dealkylation sites (tertiary alicyclic amines) is 1. The molecule has 28 heavy (non-hydrogen) atoms. The zero-order valence-electron chi connectivity index (χ0n) is 17.0. The maximum Gasteiger partial charge on any atom is 0.234 e. The summed E-state index contributed by atoms with van der Waals surface area (Å²) in [6.07, 6.45) is 5.56. The lowest BCUT2D eigenvalue weighted by molar-refractivity contribution is -0.122. The molecule has 156 valence electrons. The first-order valence-corrected chi connectivity index (χ1v) is 10.2. The normalized spacial score (nSPS) is 17.2. The van der Waals surface area contributed by atoms with Crippen molar-refractivity contribution in [1.82, 2.24) is 25.8 Å². The fourth-order valence-corrected chi connectivity index (χ4v) is 3.14. The zero-order chi connectivity index (χ0) is 20.2. The summed E-state index contributed by atoms with van der Waals surface area (Å²) in [4.78, 5) is 22.5. The number of amides is 1. The molecule has 0 radical (unpaired) electrons. The number of pyridine rings is 1. The average Bonchev–Trinajstić information content (AvgIpc) is 2.72. The molecule has 1 atom stereocenters. The van der Waals surface area contributed by atoms with E-state index in [1.807, 2.05) is 6.92 Å². The van der Waals surface area contributed by atoms with Crippen molar-refractivity contribution in [1.29, 1.82) is 0 Å². The SMILES string of the molecule is CCCNC(=O)CN1CCC(NC(=NCC(O)c2ccncc2)NCC)CC1. The Balaban J connectivity index is 1.78. The lowest BCUT2D eigenvalue weighted by atomic mass is 10.1. The van der Waals surface area contributed by atoms with Gasteiger partial charge in [-0.3, -0.25) is 19.7 Å². The van der Waals surface area contributed by atoms with E-state index in [1.54, 1.807) is 24.5 Å². The van der Waals surface area contributed by atoms with Crippen molar-refractivity contribution in [3.05, 3.63) is 30.1 Å². The van der Waals surface area contributed by atoms with E-state index in [2.05, 4.69) is 37.8 Å². The molecule has 1 unspecified atom stereocenters. The van der Waals surface area contributed by atoms with Gasteiger partial charge in [0.25, 0.3) is 0 Å². The number of carbonyl (C=O) groups excluding carboxylic acids is 1. The Labute approximate surface area is 167 Å². The number of aliphatic hydroxyl groups is 1. The Morgan fingerprint density at radius 3 is 2.64 bits per heavy atom. The number of rotatable bonds is 9. The Kier molecular flexibility index (Phi) is 9.71. The van der Waals surface area contributed by atoms with Gasteiger partial charge >= 0.3 is 0 Å². The van der Waals surface area contributed by atoms with Crippen LogP contribution >= 0.6 is 0 Å².